The Balaban J connectivity index is 3.26. The zero-order chi connectivity index (χ0) is 18.6. The molecule has 0 radical (unpaired) electrons. The molecule has 3 nitrogen and oxygen atoms in total. The SMILES string of the molecule is CCCCCC=CCC=CCCCCCCCCC(O)CC(O)CO. The van der Waals surface area contributed by atoms with Crippen LogP contribution in [-0.4, -0.2) is 34.1 Å². The summed E-state index contributed by atoms with van der Waals surface area (Å²) < 4.78 is 0. The molecule has 0 bridgehead atoms. The summed E-state index contributed by atoms with van der Waals surface area (Å²) in [5.41, 5.74) is 0. The van der Waals surface area contributed by atoms with Gasteiger partial charge >= 0.3 is 0 Å². The van der Waals surface area contributed by atoms with Gasteiger partial charge in [-0.15, -0.1) is 0 Å². The molecule has 0 aliphatic rings. The number of allylic oxidation sites excluding steroid dienone is 4. The van der Waals surface area contributed by atoms with Crippen molar-refractivity contribution >= 4 is 0 Å². The standard InChI is InChI=1S/C22H42O3/c1-2-3-4-5-6-7-8-9-10-11-12-13-14-15-16-17-18-21(24)19-22(25)20-23/h6-7,9-10,21-25H,2-5,8,11-20H2,1H3. The third-order valence-corrected chi connectivity index (χ3v) is 4.49. The van der Waals surface area contributed by atoms with Crippen LogP contribution in [0.4, 0.5) is 0 Å². The highest BCUT2D eigenvalue weighted by molar-refractivity contribution is 4.92. The fourth-order valence-corrected chi connectivity index (χ4v) is 2.87. The monoisotopic (exact) mass is 354 g/mol. The Bertz CT molecular complexity index is 312. The third-order valence-electron chi connectivity index (χ3n) is 4.49. The van der Waals surface area contributed by atoms with Gasteiger partial charge in [-0.25, -0.2) is 0 Å². The lowest BCUT2D eigenvalue weighted by Gasteiger charge is -2.13. The Labute approximate surface area is 155 Å². The maximum Gasteiger partial charge on any atom is 0.0795 e. The fourth-order valence-electron chi connectivity index (χ4n) is 2.87. The van der Waals surface area contributed by atoms with Crippen molar-refractivity contribution in [2.45, 2.75) is 109 Å². The van der Waals surface area contributed by atoms with Gasteiger partial charge in [-0.3, -0.25) is 0 Å². The van der Waals surface area contributed by atoms with Crippen LogP contribution in [0.2, 0.25) is 0 Å². The van der Waals surface area contributed by atoms with E-state index < -0.39 is 12.2 Å². The minimum absolute atomic E-state index is 0.263. The molecule has 0 aliphatic carbocycles. The summed E-state index contributed by atoms with van der Waals surface area (Å²) in [6, 6.07) is 0. The molecule has 0 aromatic rings. The number of hydrogen-bond donors (Lipinski definition) is 3. The van der Waals surface area contributed by atoms with Crippen LogP contribution in [0.3, 0.4) is 0 Å². The molecule has 0 aromatic heterocycles. The lowest BCUT2D eigenvalue weighted by molar-refractivity contribution is 0.0380. The van der Waals surface area contributed by atoms with Gasteiger partial charge in [0.2, 0.25) is 0 Å². The number of hydrogen-bond acceptors (Lipinski definition) is 3. The van der Waals surface area contributed by atoms with Crippen LogP contribution >= 0.6 is 0 Å². The summed E-state index contributed by atoms with van der Waals surface area (Å²) in [4.78, 5) is 0. The molecular formula is C22H42O3. The molecule has 0 fully saturated rings. The van der Waals surface area contributed by atoms with Gasteiger partial charge in [0, 0.05) is 6.42 Å². The second-order valence-corrected chi connectivity index (χ2v) is 7.10. The zero-order valence-corrected chi connectivity index (χ0v) is 16.4. The Morgan fingerprint density at radius 3 is 1.84 bits per heavy atom. The summed E-state index contributed by atoms with van der Waals surface area (Å²) >= 11 is 0. The Morgan fingerprint density at radius 2 is 1.24 bits per heavy atom. The molecule has 0 rings (SSSR count). The van der Waals surface area contributed by atoms with Crippen LogP contribution in [0, 0.1) is 0 Å². The first-order chi connectivity index (χ1) is 12.2. The molecule has 3 N–H and O–H groups in total. The summed E-state index contributed by atoms with van der Waals surface area (Å²) in [6.07, 6.45) is 23.5. The molecule has 0 aromatic carbocycles. The molecule has 0 saturated heterocycles. The molecule has 0 saturated carbocycles. The molecule has 2 unspecified atom stereocenters. The van der Waals surface area contributed by atoms with E-state index >= 15 is 0 Å². The van der Waals surface area contributed by atoms with Crippen molar-refractivity contribution in [2.24, 2.45) is 0 Å². The predicted molar refractivity (Wildman–Crippen MR) is 108 cm³/mol. The van der Waals surface area contributed by atoms with Gasteiger partial charge in [0.05, 0.1) is 18.8 Å². The maximum atomic E-state index is 9.68. The van der Waals surface area contributed by atoms with Crippen LogP contribution in [0.5, 0.6) is 0 Å². The van der Waals surface area contributed by atoms with Crippen molar-refractivity contribution in [3.05, 3.63) is 24.3 Å². The Hall–Kier alpha value is -0.640. The van der Waals surface area contributed by atoms with Crippen LogP contribution < -0.4 is 0 Å². The average molecular weight is 355 g/mol. The first kappa shape index (κ1) is 24.4. The van der Waals surface area contributed by atoms with E-state index in [0.717, 1.165) is 25.7 Å². The highest BCUT2D eigenvalue weighted by Gasteiger charge is 2.10. The van der Waals surface area contributed by atoms with E-state index in [9.17, 15) is 10.2 Å². The van der Waals surface area contributed by atoms with Gasteiger partial charge in [-0.1, -0.05) is 76.2 Å². The van der Waals surface area contributed by atoms with Crippen LogP contribution in [0.25, 0.3) is 0 Å². The van der Waals surface area contributed by atoms with E-state index in [2.05, 4.69) is 31.2 Å². The van der Waals surface area contributed by atoms with Crippen molar-refractivity contribution < 1.29 is 15.3 Å². The van der Waals surface area contributed by atoms with Gasteiger partial charge in [-0.2, -0.15) is 0 Å². The van der Waals surface area contributed by atoms with E-state index in [-0.39, 0.29) is 13.0 Å². The molecule has 148 valence electrons. The van der Waals surface area contributed by atoms with Crippen LogP contribution in [0.15, 0.2) is 24.3 Å². The zero-order valence-electron chi connectivity index (χ0n) is 16.4. The van der Waals surface area contributed by atoms with E-state index in [1.54, 1.807) is 0 Å². The van der Waals surface area contributed by atoms with Gasteiger partial charge in [0.1, 0.15) is 0 Å². The van der Waals surface area contributed by atoms with E-state index in [1.165, 1.54) is 57.8 Å². The smallest absolute Gasteiger partial charge is 0.0795 e. The summed E-state index contributed by atoms with van der Waals surface area (Å²) in [7, 11) is 0. The lowest BCUT2D eigenvalue weighted by Crippen LogP contribution is -2.20. The van der Waals surface area contributed by atoms with Gasteiger partial charge < -0.3 is 15.3 Å². The lowest BCUT2D eigenvalue weighted by atomic mass is 10.0. The number of rotatable bonds is 18. The maximum absolute atomic E-state index is 9.68. The summed E-state index contributed by atoms with van der Waals surface area (Å²) in [5.74, 6) is 0. The van der Waals surface area contributed by atoms with Gasteiger partial charge in [0.15, 0.2) is 0 Å². The highest BCUT2D eigenvalue weighted by atomic mass is 16.3. The van der Waals surface area contributed by atoms with Crippen molar-refractivity contribution in [1.82, 2.24) is 0 Å². The van der Waals surface area contributed by atoms with Gasteiger partial charge in [0.25, 0.3) is 0 Å². The topological polar surface area (TPSA) is 60.7 Å². The second-order valence-electron chi connectivity index (χ2n) is 7.10. The minimum Gasteiger partial charge on any atom is -0.394 e. The van der Waals surface area contributed by atoms with Crippen LogP contribution in [0.1, 0.15) is 96.8 Å². The Morgan fingerprint density at radius 1 is 0.680 bits per heavy atom. The molecule has 25 heavy (non-hydrogen) atoms. The number of aliphatic hydroxyl groups is 3. The summed E-state index contributed by atoms with van der Waals surface area (Å²) in [6.45, 7) is 1.98. The van der Waals surface area contributed by atoms with E-state index in [4.69, 9.17) is 5.11 Å². The molecule has 3 heteroatoms. The fraction of sp³-hybridized carbons (Fsp3) is 0.818. The average Bonchev–Trinajstić information content (AvgIpc) is 2.61. The third kappa shape index (κ3) is 19.5. The number of unbranched alkanes of at least 4 members (excludes halogenated alkanes) is 9. The number of aliphatic hydroxyl groups excluding tert-OH is 3. The molecule has 0 spiro atoms. The molecule has 0 heterocycles. The normalized spacial score (nSPS) is 14.6. The van der Waals surface area contributed by atoms with E-state index in [0.29, 0.717) is 0 Å². The van der Waals surface area contributed by atoms with Crippen molar-refractivity contribution in [2.75, 3.05) is 6.61 Å². The van der Waals surface area contributed by atoms with Crippen molar-refractivity contribution in [1.29, 1.82) is 0 Å². The molecule has 2 atom stereocenters. The molecule has 0 aliphatic heterocycles. The largest absolute Gasteiger partial charge is 0.394 e. The first-order valence-corrected chi connectivity index (χ1v) is 10.5. The Kier molecular flexibility index (Phi) is 19.2. The van der Waals surface area contributed by atoms with Crippen LogP contribution in [-0.2, 0) is 0 Å². The highest BCUT2D eigenvalue weighted by Crippen LogP contribution is 2.12. The van der Waals surface area contributed by atoms with Crippen molar-refractivity contribution in [3.63, 3.8) is 0 Å². The minimum atomic E-state index is -0.778. The quantitative estimate of drug-likeness (QED) is 0.231. The van der Waals surface area contributed by atoms with E-state index in [1.807, 2.05) is 0 Å². The first-order valence-electron chi connectivity index (χ1n) is 10.5. The summed E-state index contributed by atoms with van der Waals surface area (Å²) in [5, 5.41) is 27.7. The molecule has 0 amide bonds. The molecular weight excluding hydrogens is 312 g/mol. The second kappa shape index (κ2) is 19.7. The predicted octanol–water partition coefficient (Wildman–Crippen LogP) is 5.29. The van der Waals surface area contributed by atoms with Crippen molar-refractivity contribution in [3.8, 4) is 0 Å². The van der Waals surface area contributed by atoms with Gasteiger partial charge in [-0.05, 0) is 38.5 Å².